The molecule has 0 aliphatic carbocycles. The molecule has 1 unspecified atom stereocenters. The summed E-state index contributed by atoms with van der Waals surface area (Å²) in [5, 5.41) is 0. The molecule has 0 N–H and O–H groups in total. The molecule has 0 aromatic rings. The van der Waals surface area contributed by atoms with Gasteiger partial charge >= 0.3 is 5.97 Å². The second-order valence-corrected chi connectivity index (χ2v) is 7.18. The van der Waals surface area contributed by atoms with Crippen LogP contribution in [0.15, 0.2) is 0 Å². The van der Waals surface area contributed by atoms with E-state index in [2.05, 4.69) is 48.5 Å². The van der Waals surface area contributed by atoms with Crippen LogP contribution in [0.3, 0.4) is 0 Å². The zero-order valence-corrected chi connectivity index (χ0v) is 15.1. The number of ether oxygens (including phenoxy) is 1. The standard InChI is InChI=1S/C18H36O2/c1-9-13-17(6,12-4)18(7,15(19)20-8)14-16(5,10-2)11-3/h9-14H2,1-8H3/t17-,18?/m1/s1. The fourth-order valence-electron chi connectivity index (χ4n) is 3.51. The van der Waals surface area contributed by atoms with Gasteiger partial charge in [-0.05, 0) is 37.0 Å². The molecule has 0 heterocycles. The number of carbonyl (C=O) groups excluding carboxylic acids is 1. The Morgan fingerprint density at radius 1 is 0.950 bits per heavy atom. The average molecular weight is 284 g/mol. The van der Waals surface area contributed by atoms with Gasteiger partial charge in [-0.15, -0.1) is 0 Å². The maximum Gasteiger partial charge on any atom is 0.312 e. The third-order valence-electron chi connectivity index (χ3n) is 6.04. The summed E-state index contributed by atoms with van der Waals surface area (Å²) in [5.41, 5.74) is -0.208. The molecule has 0 aliphatic heterocycles. The van der Waals surface area contributed by atoms with E-state index in [1.807, 2.05) is 0 Å². The van der Waals surface area contributed by atoms with Crippen molar-refractivity contribution in [2.45, 2.75) is 87.0 Å². The van der Waals surface area contributed by atoms with Gasteiger partial charge in [-0.1, -0.05) is 60.8 Å². The molecule has 0 saturated carbocycles. The van der Waals surface area contributed by atoms with E-state index < -0.39 is 5.41 Å². The molecule has 0 rings (SSSR count). The van der Waals surface area contributed by atoms with Gasteiger partial charge in [0.15, 0.2) is 0 Å². The minimum atomic E-state index is -0.409. The van der Waals surface area contributed by atoms with Crippen molar-refractivity contribution < 1.29 is 9.53 Å². The van der Waals surface area contributed by atoms with Crippen molar-refractivity contribution in [3.63, 3.8) is 0 Å². The molecule has 0 amide bonds. The lowest BCUT2D eigenvalue weighted by atomic mass is 9.55. The lowest BCUT2D eigenvalue weighted by molar-refractivity contribution is -0.165. The molecule has 0 radical (unpaired) electrons. The van der Waals surface area contributed by atoms with Crippen LogP contribution in [-0.2, 0) is 9.53 Å². The summed E-state index contributed by atoms with van der Waals surface area (Å²) in [4.78, 5) is 12.6. The Labute approximate surface area is 126 Å². The second-order valence-electron chi connectivity index (χ2n) is 7.18. The Morgan fingerprint density at radius 3 is 1.75 bits per heavy atom. The van der Waals surface area contributed by atoms with Crippen LogP contribution in [0.4, 0.5) is 0 Å². The summed E-state index contributed by atoms with van der Waals surface area (Å²) in [7, 11) is 1.53. The lowest BCUT2D eigenvalue weighted by Crippen LogP contribution is -2.47. The van der Waals surface area contributed by atoms with E-state index in [0.717, 1.165) is 38.5 Å². The van der Waals surface area contributed by atoms with Crippen molar-refractivity contribution in [3.05, 3.63) is 0 Å². The molecule has 2 heteroatoms. The quantitative estimate of drug-likeness (QED) is 0.515. The van der Waals surface area contributed by atoms with Crippen LogP contribution in [0.25, 0.3) is 0 Å². The monoisotopic (exact) mass is 284 g/mol. The first-order valence-electron chi connectivity index (χ1n) is 8.27. The van der Waals surface area contributed by atoms with E-state index in [4.69, 9.17) is 4.74 Å². The summed E-state index contributed by atoms with van der Waals surface area (Å²) in [6.07, 6.45) is 6.29. The van der Waals surface area contributed by atoms with Crippen LogP contribution in [0, 0.1) is 16.2 Å². The first-order valence-corrected chi connectivity index (χ1v) is 8.27. The van der Waals surface area contributed by atoms with E-state index in [9.17, 15) is 4.79 Å². The largest absolute Gasteiger partial charge is 0.469 e. The van der Waals surface area contributed by atoms with Gasteiger partial charge in [0.2, 0.25) is 0 Å². The topological polar surface area (TPSA) is 26.3 Å². The van der Waals surface area contributed by atoms with Gasteiger partial charge in [-0.2, -0.15) is 0 Å². The minimum Gasteiger partial charge on any atom is -0.469 e. The van der Waals surface area contributed by atoms with Crippen molar-refractivity contribution in [1.29, 1.82) is 0 Å². The maximum absolute atomic E-state index is 12.6. The third-order valence-corrected chi connectivity index (χ3v) is 6.04. The molecule has 0 aliphatic rings. The Balaban J connectivity index is 5.67. The van der Waals surface area contributed by atoms with E-state index in [-0.39, 0.29) is 16.8 Å². The number of esters is 1. The second kappa shape index (κ2) is 7.47. The molecular formula is C18H36O2. The van der Waals surface area contributed by atoms with E-state index in [1.165, 1.54) is 7.11 Å². The fraction of sp³-hybridized carbons (Fsp3) is 0.944. The number of methoxy groups -OCH3 is 1. The zero-order valence-electron chi connectivity index (χ0n) is 15.1. The number of hydrogen-bond donors (Lipinski definition) is 0. The van der Waals surface area contributed by atoms with E-state index >= 15 is 0 Å². The molecular weight excluding hydrogens is 248 g/mol. The van der Waals surface area contributed by atoms with E-state index in [1.54, 1.807) is 0 Å². The van der Waals surface area contributed by atoms with Crippen LogP contribution >= 0.6 is 0 Å². The molecule has 2 nitrogen and oxygen atoms in total. The summed E-state index contributed by atoms with van der Waals surface area (Å²) in [6, 6.07) is 0. The molecule has 0 bridgehead atoms. The molecule has 0 saturated heterocycles. The summed E-state index contributed by atoms with van der Waals surface area (Å²) in [6.45, 7) is 15.5. The van der Waals surface area contributed by atoms with Crippen LogP contribution < -0.4 is 0 Å². The van der Waals surface area contributed by atoms with Gasteiger partial charge in [0.1, 0.15) is 0 Å². The smallest absolute Gasteiger partial charge is 0.312 e. The van der Waals surface area contributed by atoms with Gasteiger partial charge in [-0.25, -0.2) is 0 Å². The highest BCUT2D eigenvalue weighted by molar-refractivity contribution is 5.77. The molecule has 0 aromatic carbocycles. The lowest BCUT2D eigenvalue weighted by Gasteiger charge is -2.48. The highest BCUT2D eigenvalue weighted by Crippen LogP contribution is 2.53. The van der Waals surface area contributed by atoms with Crippen molar-refractivity contribution in [2.24, 2.45) is 16.2 Å². The van der Waals surface area contributed by atoms with Crippen LogP contribution in [0.2, 0.25) is 0 Å². The summed E-state index contributed by atoms with van der Waals surface area (Å²) < 4.78 is 5.21. The predicted octanol–water partition coefficient (Wildman–Crippen LogP) is 5.60. The van der Waals surface area contributed by atoms with Crippen molar-refractivity contribution in [2.75, 3.05) is 7.11 Å². The van der Waals surface area contributed by atoms with E-state index in [0.29, 0.717) is 0 Å². The molecule has 0 fully saturated rings. The Bertz CT molecular complexity index is 307. The number of rotatable bonds is 9. The molecule has 0 aromatic heterocycles. The van der Waals surface area contributed by atoms with Gasteiger partial charge in [0.25, 0.3) is 0 Å². The minimum absolute atomic E-state index is 0.000440. The average Bonchev–Trinajstić information content (AvgIpc) is 2.45. The van der Waals surface area contributed by atoms with Gasteiger partial charge < -0.3 is 4.74 Å². The predicted molar refractivity (Wildman–Crippen MR) is 86.7 cm³/mol. The molecule has 0 spiro atoms. The van der Waals surface area contributed by atoms with Crippen LogP contribution in [0.5, 0.6) is 0 Å². The normalized spacial score (nSPS) is 18.2. The molecule has 20 heavy (non-hydrogen) atoms. The molecule has 120 valence electrons. The molecule has 2 atom stereocenters. The third kappa shape index (κ3) is 3.77. The maximum atomic E-state index is 12.6. The first-order chi connectivity index (χ1) is 9.18. The summed E-state index contributed by atoms with van der Waals surface area (Å²) in [5.74, 6) is -0.0385. The SMILES string of the molecule is CCC[C@@](C)(CC)C(C)(CC(C)(CC)CC)C(=O)OC. The Kier molecular flexibility index (Phi) is 7.27. The van der Waals surface area contributed by atoms with Crippen molar-refractivity contribution >= 4 is 5.97 Å². The highest BCUT2D eigenvalue weighted by atomic mass is 16.5. The highest BCUT2D eigenvalue weighted by Gasteiger charge is 2.51. The Morgan fingerprint density at radius 2 is 1.45 bits per heavy atom. The number of hydrogen-bond acceptors (Lipinski definition) is 2. The number of carbonyl (C=O) groups is 1. The fourth-order valence-corrected chi connectivity index (χ4v) is 3.51. The van der Waals surface area contributed by atoms with Gasteiger partial charge in [0, 0.05) is 0 Å². The van der Waals surface area contributed by atoms with Crippen LogP contribution in [0.1, 0.15) is 87.0 Å². The summed E-state index contributed by atoms with van der Waals surface area (Å²) >= 11 is 0. The Hall–Kier alpha value is -0.530. The van der Waals surface area contributed by atoms with Gasteiger partial charge in [-0.3, -0.25) is 4.79 Å². The van der Waals surface area contributed by atoms with Crippen molar-refractivity contribution in [1.82, 2.24) is 0 Å². The van der Waals surface area contributed by atoms with Crippen LogP contribution in [-0.4, -0.2) is 13.1 Å². The van der Waals surface area contributed by atoms with Gasteiger partial charge in [0.05, 0.1) is 12.5 Å². The zero-order chi connectivity index (χ0) is 16.0. The van der Waals surface area contributed by atoms with Crippen molar-refractivity contribution in [3.8, 4) is 0 Å². The first kappa shape index (κ1) is 19.5.